The average molecular weight is 292 g/mol. The molecule has 1 fully saturated rings. The van der Waals surface area contributed by atoms with Gasteiger partial charge >= 0.3 is 0 Å². The Kier molecular flexibility index (Phi) is 2.78. The fourth-order valence-electron chi connectivity index (χ4n) is 3.26. The molecule has 22 heavy (non-hydrogen) atoms. The number of aromatic nitrogens is 4. The molecule has 110 valence electrons. The third-order valence-corrected chi connectivity index (χ3v) is 4.47. The number of hydrogen-bond acceptors (Lipinski definition) is 4. The lowest BCUT2D eigenvalue weighted by Crippen LogP contribution is -2.60. The molecule has 4 heterocycles. The Bertz CT molecular complexity index is 878. The summed E-state index contributed by atoms with van der Waals surface area (Å²) in [5.74, 6) is 0. The third kappa shape index (κ3) is 1.76. The van der Waals surface area contributed by atoms with Crippen molar-refractivity contribution in [1.29, 1.82) is 5.26 Å². The zero-order valence-electron chi connectivity index (χ0n) is 12.3. The Morgan fingerprint density at radius 3 is 3.00 bits per heavy atom. The van der Waals surface area contributed by atoms with E-state index in [1.807, 2.05) is 12.3 Å². The lowest BCUT2D eigenvalue weighted by molar-refractivity contribution is 0.177. The van der Waals surface area contributed by atoms with Gasteiger partial charge in [-0.15, -0.1) is 0 Å². The monoisotopic (exact) mass is 292 g/mol. The largest absolute Gasteiger partial charge is 0.346 e. The van der Waals surface area contributed by atoms with Crippen molar-refractivity contribution in [3.63, 3.8) is 0 Å². The first kappa shape index (κ1) is 13.0. The second kappa shape index (κ2) is 4.68. The van der Waals surface area contributed by atoms with Crippen LogP contribution in [0.2, 0.25) is 0 Å². The number of hydrogen-bond donors (Lipinski definition) is 2. The van der Waals surface area contributed by atoms with Gasteiger partial charge < -0.3 is 14.9 Å². The molecule has 0 aromatic carbocycles. The molecule has 4 rings (SSSR count). The molecule has 3 aromatic heterocycles. The van der Waals surface area contributed by atoms with Gasteiger partial charge in [-0.3, -0.25) is 0 Å². The number of nitrogens with zero attached hydrogens (tertiary/aromatic N) is 4. The second-order valence-corrected chi connectivity index (χ2v) is 5.87. The van der Waals surface area contributed by atoms with Crippen molar-refractivity contribution in [1.82, 2.24) is 24.8 Å². The first-order valence-corrected chi connectivity index (χ1v) is 7.29. The van der Waals surface area contributed by atoms with Crippen LogP contribution >= 0.6 is 0 Å². The van der Waals surface area contributed by atoms with E-state index in [9.17, 15) is 0 Å². The predicted octanol–water partition coefficient (Wildman–Crippen LogP) is 1.95. The highest BCUT2D eigenvalue weighted by Crippen LogP contribution is 2.33. The molecule has 1 saturated heterocycles. The number of aromatic amines is 1. The maximum atomic E-state index is 9.14. The smallest absolute Gasteiger partial charge is 0.141 e. The van der Waals surface area contributed by atoms with E-state index in [-0.39, 0.29) is 5.54 Å². The molecule has 0 saturated carbocycles. The van der Waals surface area contributed by atoms with Crippen LogP contribution in [0, 0.1) is 18.3 Å². The number of nitrogens with one attached hydrogen (secondary N) is 2. The lowest BCUT2D eigenvalue weighted by Gasteiger charge is -2.43. The van der Waals surface area contributed by atoms with Crippen LogP contribution in [-0.2, 0) is 5.54 Å². The van der Waals surface area contributed by atoms with Crippen molar-refractivity contribution in [3.05, 3.63) is 36.5 Å². The Morgan fingerprint density at radius 1 is 1.41 bits per heavy atom. The number of fused-ring (bicyclic) bond motifs is 1. The molecule has 0 radical (unpaired) electrons. The van der Waals surface area contributed by atoms with Crippen LogP contribution in [0.5, 0.6) is 0 Å². The summed E-state index contributed by atoms with van der Waals surface area (Å²) in [5, 5.41) is 13.4. The standard InChI is InChI=1S/C16H16N6/c1-11-6-12(7-22(11)16(3-4-17)8-18-9-16)14-13-2-5-19-15(13)21-10-20-14/h2,5-7,10,18H,3,8-9H2,1H3,(H,19,20,21). The van der Waals surface area contributed by atoms with Gasteiger partial charge in [0.25, 0.3) is 0 Å². The first-order valence-electron chi connectivity index (χ1n) is 7.29. The predicted molar refractivity (Wildman–Crippen MR) is 83.1 cm³/mol. The maximum absolute atomic E-state index is 9.14. The van der Waals surface area contributed by atoms with Crippen LogP contribution in [0.4, 0.5) is 0 Å². The highest BCUT2D eigenvalue weighted by Gasteiger charge is 2.39. The van der Waals surface area contributed by atoms with Gasteiger partial charge in [0.1, 0.15) is 12.0 Å². The first-order chi connectivity index (χ1) is 10.7. The van der Waals surface area contributed by atoms with Gasteiger partial charge in [0.05, 0.1) is 23.7 Å². The average Bonchev–Trinajstić information content (AvgIpc) is 3.09. The summed E-state index contributed by atoms with van der Waals surface area (Å²) in [6.07, 6.45) is 6.08. The molecule has 0 bridgehead atoms. The highest BCUT2D eigenvalue weighted by atomic mass is 15.2. The summed E-state index contributed by atoms with van der Waals surface area (Å²) in [4.78, 5) is 11.8. The van der Waals surface area contributed by atoms with Crippen molar-refractivity contribution >= 4 is 11.0 Å². The van der Waals surface area contributed by atoms with Gasteiger partial charge in [-0.25, -0.2) is 9.97 Å². The van der Waals surface area contributed by atoms with Gasteiger partial charge in [-0.05, 0) is 19.1 Å². The molecule has 1 aliphatic rings. The van der Waals surface area contributed by atoms with E-state index in [1.54, 1.807) is 6.33 Å². The van der Waals surface area contributed by atoms with Gasteiger partial charge in [0, 0.05) is 42.1 Å². The molecule has 0 aliphatic carbocycles. The third-order valence-electron chi connectivity index (χ3n) is 4.47. The zero-order valence-corrected chi connectivity index (χ0v) is 12.3. The second-order valence-electron chi connectivity index (χ2n) is 5.87. The van der Waals surface area contributed by atoms with E-state index in [4.69, 9.17) is 5.26 Å². The molecule has 3 aromatic rings. The summed E-state index contributed by atoms with van der Waals surface area (Å²) in [6, 6.07) is 6.44. The van der Waals surface area contributed by atoms with E-state index in [2.05, 4.69) is 50.1 Å². The minimum Gasteiger partial charge on any atom is -0.346 e. The van der Waals surface area contributed by atoms with E-state index in [1.165, 1.54) is 0 Å². The van der Waals surface area contributed by atoms with Crippen molar-refractivity contribution in [3.8, 4) is 17.3 Å². The van der Waals surface area contributed by atoms with Crippen LogP contribution in [0.1, 0.15) is 12.1 Å². The van der Waals surface area contributed by atoms with Gasteiger partial charge in [0.15, 0.2) is 0 Å². The molecule has 0 amide bonds. The number of nitriles is 1. The summed E-state index contributed by atoms with van der Waals surface area (Å²) < 4.78 is 2.22. The summed E-state index contributed by atoms with van der Waals surface area (Å²) in [6.45, 7) is 3.74. The van der Waals surface area contributed by atoms with Crippen LogP contribution in [0.3, 0.4) is 0 Å². The van der Waals surface area contributed by atoms with Gasteiger partial charge in [-0.1, -0.05) is 0 Å². The maximum Gasteiger partial charge on any atom is 0.141 e. The molecule has 2 N–H and O–H groups in total. The number of rotatable bonds is 3. The molecule has 6 nitrogen and oxygen atoms in total. The van der Waals surface area contributed by atoms with Crippen molar-refractivity contribution in [2.45, 2.75) is 18.9 Å². The fourth-order valence-corrected chi connectivity index (χ4v) is 3.26. The Morgan fingerprint density at radius 2 is 2.27 bits per heavy atom. The molecule has 0 atom stereocenters. The summed E-state index contributed by atoms with van der Waals surface area (Å²) in [7, 11) is 0. The molecule has 6 heteroatoms. The van der Waals surface area contributed by atoms with Crippen molar-refractivity contribution in [2.24, 2.45) is 0 Å². The number of aryl methyl sites for hydroxylation is 1. The molecule has 1 aliphatic heterocycles. The molecule has 0 spiro atoms. The van der Waals surface area contributed by atoms with Gasteiger partial charge in [0.2, 0.25) is 0 Å². The molecule has 0 unspecified atom stereocenters. The van der Waals surface area contributed by atoms with Crippen molar-refractivity contribution in [2.75, 3.05) is 13.1 Å². The molecular weight excluding hydrogens is 276 g/mol. The lowest BCUT2D eigenvalue weighted by atomic mass is 9.88. The summed E-state index contributed by atoms with van der Waals surface area (Å²) >= 11 is 0. The van der Waals surface area contributed by atoms with E-state index in [0.29, 0.717) is 6.42 Å². The number of H-pyrrole nitrogens is 1. The van der Waals surface area contributed by atoms with Crippen LogP contribution in [-0.4, -0.2) is 32.6 Å². The minimum atomic E-state index is -0.124. The SMILES string of the molecule is Cc1cc(-c2ncnc3[nH]ccc23)cn1C1(CC#N)CNC1. The summed E-state index contributed by atoms with van der Waals surface area (Å²) in [5.41, 5.74) is 3.85. The van der Waals surface area contributed by atoms with Gasteiger partial charge in [-0.2, -0.15) is 5.26 Å². The van der Waals surface area contributed by atoms with E-state index in [0.717, 1.165) is 41.1 Å². The topological polar surface area (TPSA) is 82.3 Å². The fraction of sp³-hybridized carbons (Fsp3) is 0.312. The normalized spacial score (nSPS) is 16.4. The Hall–Kier alpha value is -2.65. The van der Waals surface area contributed by atoms with Crippen LogP contribution in [0.15, 0.2) is 30.9 Å². The highest BCUT2D eigenvalue weighted by molar-refractivity contribution is 5.90. The van der Waals surface area contributed by atoms with Crippen LogP contribution in [0.25, 0.3) is 22.3 Å². The Balaban J connectivity index is 1.84. The van der Waals surface area contributed by atoms with Crippen LogP contribution < -0.4 is 5.32 Å². The van der Waals surface area contributed by atoms with E-state index >= 15 is 0 Å². The molecular formula is C16H16N6. The zero-order chi connectivity index (χ0) is 15.2. The minimum absolute atomic E-state index is 0.124. The Labute approximate surface area is 127 Å². The van der Waals surface area contributed by atoms with Crippen molar-refractivity contribution < 1.29 is 0 Å². The van der Waals surface area contributed by atoms with E-state index < -0.39 is 0 Å². The quantitative estimate of drug-likeness (QED) is 0.773.